The molecule has 0 amide bonds. The van der Waals surface area contributed by atoms with E-state index in [1.807, 2.05) is 25.2 Å². The Morgan fingerprint density at radius 3 is 2.94 bits per heavy atom. The zero-order chi connectivity index (χ0) is 11.7. The summed E-state index contributed by atoms with van der Waals surface area (Å²) < 4.78 is 5.25. The van der Waals surface area contributed by atoms with E-state index in [1.165, 1.54) is 0 Å². The Morgan fingerprint density at radius 2 is 2.31 bits per heavy atom. The number of nitrogens with zero attached hydrogens (tertiary/aromatic N) is 1. The molecule has 4 nitrogen and oxygen atoms in total. The van der Waals surface area contributed by atoms with Crippen molar-refractivity contribution >= 4 is 11.7 Å². The lowest BCUT2D eigenvalue weighted by molar-refractivity contribution is -0.139. The molecule has 1 aromatic carbocycles. The van der Waals surface area contributed by atoms with Gasteiger partial charge in [0.1, 0.15) is 5.75 Å². The number of fused-ring (bicyclic) bond motifs is 1. The third kappa shape index (κ3) is 1.60. The van der Waals surface area contributed by atoms with Gasteiger partial charge in [-0.15, -0.1) is 0 Å². The topological polar surface area (TPSA) is 49.8 Å². The van der Waals surface area contributed by atoms with E-state index in [4.69, 9.17) is 4.74 Å². The third-order valence-electron chi connectivity index (χ3n) is 3.07. The molecule has 0 radical (unpaired) electrons. The van der Waals surface area contributed by atoms with Crippen LogP contribution in [0.25, 0.3) is 0 Å². The Kier molecular flexibility index (Phi) is 2.73. The monoisotopic (exact) mass is 221 g/mol. The van der Waals surface area contributed by atoms with Gasteiger partial charge in [-0.1, -0.05) is 6.07 Å². The summed E-state index contributed by atoms with van der Waals surface area (Å²) in [7, 11) is 3.54. The number of carboxylic acids is 1. The van der Waals surface area contributed by atoms with Gasteiger partial charge in [-0.05, 0) is 18.6 Å². The van der Waals surface area contributed by atoms with Gasteiger partial charge in [0.05, 0.1) is 13.0 Å². The molecule has 0 fully saturated rings. The van der Waals surface area contributed by atoms with Crippen molar-refractivity contribution in [2.75, 3.05) is 25.6 Å². The van der Waals surface area contributed by atoms with E-state index in [-0.39, 0.29) is 0 Å². The Bertz CT molecular complexity index is 417. The Morgan fingerprint density at radius 1 is 1.56 bits per heavy atom. The number of benzene rings is 1. The first-order valence-electron chi connectivity index (χ1n) is 5.26. The van der Waals surface area contributed by atoms with Crippen LogP contribution in [-0.4, -0.2) is 31.8 Å². The van der Waals surface area contributed by atoms with E-state index in [0.29, 0.717) is 12.2 Å². The molecule has 1 aliphatic rings. The minimum atomic E-state index is -0.779. The maximum Gasteiger partial charge on any atom is 0.311 e. The van der Waals surface area contributed by atoms with Gasteiger partial charge in [0.15, 0.2) is 0 Å². The molecule has 4 heteroatoms. The molecule has 0 aliphatic carbocycles. The van der Waals surface area contributed by atoms with Crippen LogP contribution in [0.15, 0.2) is 18.2 Å². The van der Waals surface area contributed by atoms with Gasteiger partial charge in [-0.3, -0.25) is 4.79 Å². The lowest BCUT2D eigenvalue weighted by Crippen LogP contribution is -2.30. The summed E-state index contributed by atoms with van der Waals surface area (Å²) in [4.78, 5) is 13.3. The molecule has 2 rings (SSSR count). The smallest absolute Gasteiger partial charge is 0.311 e. The van der Waals surface area contributed by atoms with Gasteiger partial charge < -0.3 is 14.7 Å². The predicted molar refractivity (Wildman–Crippen MR) is 61.3 cm³/mol. The molecular weight excluding hydrogens is 206 g/mol. The van der Waals surface area contributed by atoms with E-state index in [2.05, 4.69) is 4.90 Å². The second-order valence-electron chi connectivity index (χ2n) is 3.99. The molecule has 16 heavy (non-hydrogen) atoms. The minimum absolute atomic E-state index is 0.456. The standard InChI is InChI=1S/C12H15NO3/c1-13-7-6-8(12(14)15)11-9(13)4-3-5-10(11)16-2/h3-5,8H,6-7H2,1-2H3,(H,14,15). The van der Waals surface area contributed by atoms with Crippen molar-refractivity contribution in [3.8, 4) is 5.75 Å². The number of methoxy groups -OCH3 is 1. The van der Waals surface area contributed by atoms with Gasteiger partial charge in [-0.25, -0.2) is 0 Å². The zero-order valence-electron chi connectivity index (χ0n) is 9.43. The van der Waals surface area contributed by atoms with Crippen LogP contribution in [0.2, 0.25) is 0 Å². The van der Waals surface area contributed by atoms with Crippen LogP contribution in [0.3, 0.4) is 0 Å². The van der Waals surface area contributed by atoms with Crippen molar-refractivity contribution in [2.24, 2.45) is 0 Å². The fourth-order valence-corrected chi connectivity index (χ4v) is 2.23. The van der Waals surface area contributed by atoms with E-state index in [9.17, 15) is 9.90 Å². The van der Waals surface area contributed by atoms with Crippen LogP contribution in [0.4, 0.5) is 5.69 Å². The summed E-state index contributed by atoms with van der Waals surface area (Å²) >= 11 is 0. The molecule has 0 aromatic heterocycles. The van der Waals surface area contributed by atoms with Crippen molar-refractivity contribution in [3.63, 3.8) is 0 Å². The zero-order valence-corrected chi connectivity index (χ0v) is 9.43. The highest BCUT2D eigenvalue weighted by molar-refractivity contribution is 5.82. The maximum atomic E-state index is 11.2. The molecular formula is C12H15NO3. The molecule has 1 heterocycles. The number of ether oxygens (including phenoxy) is 1. The van der Waals surface area contributed by atoms with Gasteiger partial charge >= 0.3 is 5.97 Å². The molecule has 1 atom stereocenters. The highest BCUT2D eigenvalue weighted by Gasteiger charge is 2.31. The number of carbonyl (C=O) groups is 1. The average molecular weight is 221 g/mol. The number of aliphatic carboxylic acids is 1. The first kappa shape index (κ1) is 10.8. The second kappa shape index (κ2) is 4.04. The number of rotatable bonds is 2. The predicted octanol–water partition coefficient (Wildman–Crippen LogP) is 1.70. The lowest BCUT2D eigenvalue weighted by Gasteiger charge is -2.32. The van der Waals surface area contributed by atoms with E-state index < -0.39 is 11.9 Å². The molecule has 1 aliphatic heterocycles. The molecule has 0 spiro atoms. The minimum Gasteiger partial charge on any atom is -0.496 e. The molecule has 0 saturated carbocycles. The number of carboxylic acid groups (broad SMARTS) is 1. The Hall–Kier alpha value is -1.71. The summed E-state index contributed by atoms with van der Waals surface area (Å²) in [6.45, 7) is 0.761. The molecule has 1 N–H and O–H groups in total. The van der Waals surface area contributed by atoms with Crippen molar-refractivity contribution < 1.29 is 14.6 Å². The van der Waals surface area contributed by atoms with Crippen molar-refractivity contribution in [2.45, 2.75) is 12.3 Å². The van der Waals surface area contributed by atoms with Crippen LogP contribution < -0.4 is 9.64 Å². The van der Waals surface area contributed by atoms with Crippen LogP contribution in [-0.2, 0) is 4.79 Å². The molecule has 1 aromatic rings. The SMILES string of the molecule is COc1cccc2c1C(C(=O)O)CCN2C. The maximum absolute atomic E-state index is 11.2. The third-order valence-corrected chi connectivity index (χ3v) is 3.07. The van der Waals surface area contributed by atoms with Crippen LogP contribution in [0.1, 0.15) is 17.9 Å². The summed E-state index contributed by atoms with van der Waals surface area (Å²) in [5, 5.41) is 9.22. The Labute approximate surface area is 94.4 Å². The first-order valence-corrected chi connectivity index (χ1v) is 5.26. The number of hydrogen-bond acceptors (Lipinski definition) is 3. The molecule has 0 bridgehead atoms. The molecule has 1 unspecified atom stereocenters. The second-order valence-corrected chi connectivity index (χ2v) is 3.99. The number of anilines is 1. The van der Waals surface area contributed by atoms with E-state index >= 15 is 0 Å². The largest absolute Gasteiger partial charge is 0.496 e. The fraction of sp³-hybridized carbons (Fsp3) is 0.417. The highest BCUT2D eigenvalue weighted by Crippen LogP contribution is 2.40. The van der Waals surface area contributed by atoms with Gasteiger partial charge in [0, 0.05) is 24.8 Å². The highest BCUT2D eigenvalue weighted by atomic mass is 16.5. The van der Waals surface area contributed by atoms with Crippen molar-refractivity contribution in [1.29, 1.82) is 0 Å². The first-order chi connectivity index (χ1) is 7.65. The van der Waals surface area contributed by atoms with E-state index in [0.717, 1.165) is 17.8 Å². The van der Waals surface area contributed by atoms with Crippen LogP contribution >= 0.6 is 0 Å². The molecule has 0 saturated heterocycles. The van der Waals surface area contributed by atoms with Gasteiger partial charge in [0.25, 0.3) is 0 Å². The van der Waals surface area contributed by atoms with Crippen molar-refractivity contribution in [1.82, 2.24) is 0 Å². The Balaban J connectivity index is 2.57. The average Bonchev–Trinajstić information content (AvgIpc) is 2.28. The van der Waals surface area contributed by atoms with Crippen molar-refractivity contribution in [3.05, 3.63) is 23.8 Å². The summed E-state index contributed by atoms with van der Waals surface area (Å²) in [6.07, 6.45) is 0.624. The molecule has 86 valence electrons. The fourth-order valence-electron chi connectivity index (χ4n) is 2.23. The summed E-state index contributed by atoms with van der Waals surface area (Å²) in [5.41, 5.74) is 1.75. The quantitative estimate of drug-likeness (QED) is 0.825. The number of hydrogen-bond donors (Lipinski definition) is 1. The van der Waals surface area contributed by atoms with Crippen LogP contribution in [0.5, 0.6) is 5.75 Å². The normalized spacial score (nSPS) is 19.1. The summed E-state index contributed by atoms with van der Waals surface area (Å²) in [5.74, 6) is -0.572. The van der Waals surface area contributed by atoms with Gasteiger partial charge in [0.2, 0.25) is 0 Å². The van der Waals surface area contributed by atoms with Gasteiger partial charge in [-0.2, -0.15) is 0 Å². The summed E-state index contributed by atoms with van der Waals surface area (Å²) in [6, 6.07) is 5.64. The van der Waals surface area contributed by atoms with Crippen LogP contribution in [0, 0.1) is 0 Å². The van der Waals surface area contributed by atoms with E-state index in [1.54, 1.807) is 7.11 Å². The lowest BCUT2D eigenvalue weighted by atomic mass is 9.89.